The number of hydrogen-bond donors (Lipinski definition) is 2. The van der Waals surface area contributed by atoms with Crippen LogP contribution in [0.25, 0.3) is 11.4 Å². The molecule has 0 radical (unpaired) electrons. The van der Waals surface area contributed by atoms with Gasteiger partial charge >= 0.3 is 0 Å². The zero-order valence-corrected chi connectivity index (χ0v) is 14.8. The molecule has 0 saturated heterocycles. The molecule has 7 heteroatoms. The molecule has 0 aliphatic carbocycles. The van der Waals surface area contributed by atoms with E-state index in [1.165, 1.54) is 11.2 Å². The third-order valence-electron chi connectivity index (χ3n) is 4.63. The summed E-state index contributed by atoms with van der Waals surface area (Å²) in [6, 6.07) is 14.9. The minimum absolute atomic E-state index is 0.0827. The molecule has 0 spiro atoms. The summed E-state index contributed by atoms with van der Waals surface area (Å²) in [6.07, 6.45) is 2.12. The molecule has 0 bridgehead atoms. The molecule has 2 amide bonds. The van der Waals surface area contributed by atoms with Crippen LogP contribution in [0.3, 0.4) is 0 Å². The highest BCUT2D eigenvalue weighted by molar-refractivity contribution is 6.21. The topological polar surface area (TPSA) is 91.0 Å². The van der Waals surface area contributed by atoms with Crippen molar-refractivity contribution in [2.75, 3.05) is 11.9 Å². The maximum atomic E-state index is 12.4. The van der Waals surface area contributed by atoms with Crippen LogP contribution in [0.15, 0.2) is 54.9 Å². The Morgan fingerprint density at radius 2 is 1.81 bits per heavy atom. The largest absolute Gasteiger partial charge is 0.383 e. The number of fused-ring (bicyclic) bond motifs is 1. The fourth-order valence-corrected chi connectivity index (χ4v) is 3.22. The van der Waals surface area contributed by atoms with Gasteiger partial charge < -0.3 is 5.32 Å². The van der Waals surface area contributed by atoms with E-state index >= 15 is 0 Å². The number of carbonyl (C=O) groups excluding carboxylic acids is 2. The summed E-state index contributed by atoms with van der Waals surface area (Å²) in [5.41, 5.74) is 2.86. The average molecular weight is 361 g/mol. The van der Waals surface area contributed by atoms with E-state index in [1.54, 1.807) is 24.3 Å². The van der Waals surface area contributed by atoms with Gasteiger partial charge in [-0.1, -0.05) is 24.3 Å². The number of rotatable bonds is 6. The van der Waals surface area contributed by atoms with Crippen molar-refractivity contribution in [1.29, 1.82) is 0 Å². The van der Waals surface area contributed by atoms with Gasteiger partial charge in [0.15, 0.2) is 5.82 Å². The van der Waals surface area contributed by atoms with E-state index < -0.39 is 0 Å². The molecule has 27 heavy (non-hydrogen) atoms. The molecule has 1 atom stereocenters. The first-order valence-corrected chi connectivity index (χ1v) is 8.81. The summed E-state index contributed by atoms with van der Waals surface area (Å²) in [4.78, 5) is 30.3. The number of hydrogen-bond acceptors (Lipinski definition) is 5. The fourth-order valence-electron chi connectivity index (χ4n) is 3.22. The third kappa shape index (κ3) is 3.31. The van der Waals surface area contributed by atoms with Crippen molar-refractivity contribution in [3.63, 3.8) is 0 Å². The van der Waals surface area contributed by atoms with E-state index in [0.29, 0.717) is 29.9 Å². The lowest BCUT2D eigenvalue weighted by molar-refractivity contribution is 0.0651. The average Bonchev–Trinajstić information content (AvgIpc) is 3.29. The van der Waals surface area contributed by atoms with Gasteiger partial charge in [0.25, 0.3) is 11.8 Å². The van der Waals surface area contributed by atoms with Crippen LogP contribution in [-0.2, 0) is 0 Å². The Morgan fingerprint density at radius 1 is 1.07 bits per heavy atom. The van der Waals surface area contributed by atoms with Gasteiger partial charge in [-0.2, -0.15) is 5.10 Å². The number of benzene rings is 2. The van der Waals surface area contributed by atoms with Gasteiger partial charge in [-0.3, -0.25) is 19.6 Å². The number of H-pyrrole nitrogens is 1. The van der Waals surface area contributed by atoms with Crippen LogP contribution in [0.1, 0.15) is 34.1 Å². The van der Waals surface area contributed by atoms with Crippen LogP contribution in [-0.4, -0.2) is 44.5 Å². The number of anilines is 1. The van der Waals surface area contributed by atoms with Crippen molar-refractivity contribution in [1.82, 2.24) is 20.1 Å². The first kappa shape index (κ1) is 17.0. The van der Waals surface area contributed by atoms with Crippen LogP contribution >= 0.6 is 0 Å². The van der Waals surface area contributed by atoms with Gasteiger partial charge in [-0.15, -0.1) is 0 Å². The number of nitrogens with one attached hydrogen (secondary N) is 2. The monoisotopic (exact) mass is 361 g/mol. The van der Waals surface area contributed by atoms with Gasteiger partial charge in [0.2, 0.25) is 0 Å². The van der Waals surface area contributed by atoms with E-state index in [9.17, 15) is 9.59 Å². The third-order valence-corrected chi connectivity index (χ3v) is 4.63. The zero-order valence-electron chi connectivity index (χ0n) is 14.8. The van der Waals surface area contributed by atoms with Crippen LogP contribution in [0, 0.1) is 0 Å². The standard InChI is InChI=1S/C20H19N5O2/c1-13(23-15-6-4-5-14(11-15)18-21-12-22-24-18)9-10-25-19(26)16-7-2-3-8-17(16)20(25)27/h2-8,11-13,23H,9-10H2,1H3,(H,21,22,24)/t13-/m0/s1. The Kier molecular flexibility index (Phi) is 4.42. The second kappa shape index (κ2) is 7.03. The van der Waals surface area contributed by atoms with Crippen LogP contribution in [0.5, 0.6) is 0 Å². The first-order valence-electron chi connectivity index (χ1n) is 8.81. The molecular weight excluding hydrogens is 342 g/mol. The molecule has 2 aromatic carbocycles. The molecule has 1 aliphatic rings. The second-order valence-electron chi connectivity index (χ2n) is 6.56. The Hall–Kier alpha value is -3.48. The molecule has 4 rings (SSSR count). The molecule has 2 heterocycles. The summed E-state index contributed by atoms with van der Waals surface area (Å²) in [7, 11) is 0. The highest BCUT2D eigenvalue weighted by atomic mass is 16.2. The van der Waals surface area contributed by atoms with Crippen molar-refractivity contribution >= 4 is 17.5 Å². The molecule has 136 valence electrons. The molecule has 0 unspecified atom stereocenters. The first-order chi connectivity index (χ1) is 13.1. The molecule has 2 N–H and O–H groups in total. The highest BCUT2D eigenvalue weighted by Crippen LogP contribution is 2.23. The fraction of sp³-hybridized carbons (Fsp3) is 0.200. The number of carbonyl (C=O) groups is 2. The number of amides is 2. The van der Waals surface area contributed by atoms with E-state index in [-0.39, 0.29) is 17.9 Å². The van der Waals surface area contributed by atoms with Gasteiger partial charge in [-0.25, -0.2) is 4.98 Å². The second-order valence-corrected chi connectivity index (χ2v) is 6.56. The predicted molar refractivity (Wildman–Crippen MR) is 101 cm³/mol. The van der Waals surface area contributed by atoms with Gasteiger partial charge in [0.05, 0.1) is 11.1 Å². The summed E-state index contributed by atoms with van der Waals surface area (Å²) in [5.74, 6) is 0.280. The smallest absolute Gasteiger partial charge is 0.261 e. The van der Waals surface area contributed by atoms with E-state index in [4.69, 9.17) is 0 Å². The lowest BCUT2D eigenvalue weighted by Gasteiger charge is -2.19. The van der Waals surface area contributed by atoms with Crippen LogP contribution < -0.4 is 5.32 Å². The maximum absolute atomic E-state index is 12.4. The van der Waals surface area contributed by atoms with Crippen LogP contribution in [0.2, 0.25) is 0 Å². The zero-order chi connectivity index (χ0) is 18.8. The Morgan fingerprint density at radius 3 is 2.48 bits per heavy atom. The van der Waals surface area contributed by atoms with E-state index in [2.05, 4.69) is 20.5 Å². The molecule has 0 saturated carbocycles. The quantitative estimate of drug-likeness (QED) is 0.659. The van der Waals surface area contributed by atoms with Crippen molar-refractivity contribution < 1.29 is 9.59 Å². The lowest BCUT2D eigenvalue weighted by atomic mass is 10.1. The Balaban J connectivity index is 1.38. The summed E-state index contributed by atoms with van der Waals surface area (Å²) >= 11 is 0. The molecule has 3 aromatic rings. The Bertz CT molecular complexity index is 949. The summed E-state index contributed by atoms with van der Waals surface area (Å²) in [5, 5.41) is 10.1. The molecule has 0 fully saturated rings. The van der Waals surface area contributed by atoms with Crippen molar-refractivity contribution in [2.24, 2.45) is 0 Å². The summed E-state index contributed by atoms with van der Waals surface area (Å²) in [6.45, 7) is 2.40. The van der Waals surface area contributed by atoms with Crippen LogP contribution in [0.4, 0.5) is 5.69 Å². The van der Waals surface area contributed by atoms with E-state index in [1.807, 2.05) is 31.2 Å². The maximum Gasteiger partial charge on any atom is 0.261 e. The normalized spacial score (nSPS) is 14.3. The number of nitrogens with zero attached hydrogens (tertiary/aromatic N) is 3. The minimum atomic E-state index is -0.213. The van der Waals surface area contributed by atoms with Gasteiger partial charge in [0.1, 0.15) is 6.33 Å². The SMILES string of the molecule is C[C@@H](CCN1C(=O)c2ccccc2C1=O)Nc1cccc(-c2ncn[nH]2)c1. The van der Waals surface area contributed by atoms with E-state index in [0.717, 1.165) is 11.3 Å². The number of aromatic nitrogens is 3. The van der Waals surface area contributed by atoms with Gasteiger partial charge in [-0.05, 0) is 37.6 Å². The molecule has 1 aliphatic heterocycles. The van der Waals surface area contributed by atoms with Gasteiger partial charge in [0, 0.05) is 23.8 Å². The number of aromatic amines is 1. The van der Waals surface area contributed by atoms with Crippen molar-refractivity contribution in [2.45, 2.75) is 19.4 Å². The minimum Gasteiger partial charge on any atom is -0.383 e. The molecule has 7 nitrogen and oxygen atoms in total. The van der Waals surface area contributed by atoms with Crippen molar-refractivity contribution in [3.8, 4) is 11.4 Å². The molecule has 1 aromatic heterocycles. The highest BCUT2D eigenvalue weighted by Gasteiger charge is 2.34. The number of imide groups is 1. The Labute approximate surface area is 156 Å². The predicted octanol–water partition coefficient (Wildman–Crippen LogP) is 2.96. The van der Waals surface area contributed by atoms with Crippen molar-refractivity contribution in [3.05, 3.63) is 66.0 Å². The summed E-state index contributed by atoms with van der Waals surface area (Å²) < 4.78 is 0. The lowest BCUT2D eigenvalue weighted by Crippen LogP contribution is -2.33. The molecular formula is C20H19N5O2.